The molecule has 0 aromatic heterocycles. The number of hydrogen-bond acceptors (Lipinski definition) is 2. The lowest BCUT2D eigenvalue weighted by Gasteiger charge is -2.17. The first-order chi connectivity index (χ1) is 8.30. The van der Waals surface area contributed by atoms with Gasteiger partial charge in [-0.3, -0.25) is 4.79 Å². The predicted molar refractivity (Wildman–Crippen MR) is 69.6 cm³/mol. The van der Waals surface area contributed by atoms with Gasteiger partial charge in [0.1, 0.15) is 0 Å². The summed E-state index contributed by atoms with van der Waals surface area (Å²) in [6.45, 7) is 6.08. The first kappa shape index (κ1) is 14.2. The Hall–Kier alpha value is -1.84. The Labute approximate surface area is 107 Å². The molecule has 0 aliphatic heterocycles. The Bertz CT molecular complexity index is 447. The van der Waals surface area contributed by atoms with Crippen molar-refractivity contribution in [2.24, 2.45) is 5.41 Å². The van der Waals surface area contributed by atoms with Crippen LogP contribution in [0.3, 0.4) is 0 Å². The number of carboxylic acids is 1. The van der Waals surface area contributed by atoms with Crippen molar-refractivity contribution in [3.05, 3.63) is 35.4 Å². The second kappa shape index (κ2) is 5.67. The highest BCUT2D eigenvalue weighted by Crippen LogP contribution is 2.12. The standard InChI is InChI=1S/C14H19NO3/c1-14(2,3)13(18)15-8-7-10-5-4-6-11(9-10)12(16)17/h4-6,9H,7-8H2,1-3H3,(H,15,18)(H,16,17). The second-order valence-electron chi connectivity index (χ2n) is 5.26. The van der Waals surface area contributed by atoms with Gasteiger partial charge in [-0.25, -0.2) is 4.79 Å². The average molecular weight is 249 g/mol. The van der Waals surface area contributed by atoms with Crippen LogP contribution in [0.15, 0.2) is 24.3 Å². The fraction of sp³-hybridized carbons (Fsp3) is 0.429. The number of aromatic carboxylic acids is 1. The van der Waals surface area contributed by atoms with Crippen LogP contribution in [-0.2, 0) is 11.2 Å². The quantitative estimate of drug-likeness (QED) is 0.858. The molecule has 0 unspecified atom stereocenters. The Morgan fingerprint density at radius 1 is 1.28 bits per heavy atom. The minimum absolute atomic E-state index is 0.00288. The van der Waals surface area contributed by atoms with Crippen LogP contribution < -0.4 is 5.32 Å². The highest BCUT2D eigenvalue weighted by atomic mass is 16.4. The summed E-state index contributed by atoms with van der Waals surface area (Å²) in [5, 5.41) is 11.7. The first-order valence-electron chi connectivity index (χ1n) is 5.91. The van der Waals surface area contributed by atoms with E-state index < -0.39 is 11.4 Å². The summed E-state index contributed by atoms with van der Waals surface area (Å²) >= 11 is 0. The van der Waals surface area contributed by atoms with Crippen LogP contribution >= 0.6 is 0 Å². The minimum Gasteiger partial charge on any atom is -0.478 e. The normalized spacial score (nSPS) is 11.1. The van der Waals surface area contributed by atoms with Crippen molar-refractivity contribution in [3.8, 4) is 0 Å². The van der Waals surface area contributed by atoms with Crippen molar-refractivity contribution < 1.29 is 14.7 Å². The molecular formula is C14H19NO3. The number of amides is 1. The van der Waals surface area contributed by atoms with Gasteiger partial charge in [-0.15, -0.1) is 0 Å². The van der Waals surface area contributed by atoms with E-state index >= 15 is 0 Å². The third-order valence-corrected chi connectivity index (χ3v) is 2.55. The minimum atomic E-state index is -0.935. The molecule has 0 fully saturated rings. The van der Waals surface area contributed by atoms with Crippen molar-refractivity contribution in [3.63, 3.8) is 0 Å². The van der Waals surface area contributed by atoms with Crippen molar-refractivity contribution >= 4 is 11.9 Å². The summed E-state index contributed by atoms with van der Waals surface area (Å²) in [6, 6.07) is 6.76. The zero-order valence-corrected chi connectivity index (χ0v) is 11.0. The lowest BCUT2D eigenvalue weighted by molar-refractivity contribution is -0.128. The fourth-order valence-electron chi connectivity index (χ4n) is 1.45. The Morgan fingerprint density at radius 2 is 1.94 bits per heavy atom. The van der Waals surface area contributed by atoms with E-state index in [0.717, 1.165) is 5.56 Å². The summed E-state index contributed by atoms with van der Waals surface area (Å²) in [5.41, 5.74) is 0.780. The molecule has 98 valence electrons. The van der Waals surface area contributed by atoms with Gasteiger partial charge in [0, 0.05) is 12.0 Å². The lowest BCUT2D eigenvalue weighted by atomic mass is 9.95. The zero-order chi connectivity index (χ0) is 13.8. The van der Waals surface area contributed by atoms with Crippen LogP contribution in [0.5, 0.6) is 0 Å². The molecule has 0 saturated heterocycles. The van der Waals surface area contributed by atoms with Gasteiger partial charge in [0.25, 0.3) is 0 Å². The molecule has 0 aliphatic rings. The molecule has 0 atom stereocenters. The Balaban J connectivity index is 2.52. The Kier molecular flexibility index (Phi) is 4.48. The summed E-state index contributed by atoms with van der Waals surface area (Å²) in [4.78, 5) is 22.4. The fourth-order valence-corrected chi connectivity index (χ4v) is 1.45. The van der Waals surface area contributed by atoms with Crippen LogP contribution in [0.25, 0.3) is 0 Å². The molecular weight excluding hydrogens is 230 g/mol. The summed E-state index contributed by atoms with van der Waals surface area (Å²) < 4.78 is 0. The number of nitrogens with one attached hydrogen (secondary N) is 1. The monoisotopic (exact) mass is 249 g/mol. The molecule has 0 spiro atoms. The first-order valence-corrected chi connectivity index (χ1v) is 5.91. The van der Waals surface area contributed by atoms with E-state index in [1.807, 2.05) is 26.8 Å². The van der Waals surface area contributed by atoms with E-state index in [1.54, 1.807) is 18.2 Å². The van der Waals surface area contributed by atoms with Crippen molar-refractivity contribution in [2.75, 3.05) is 6.54 Å². The van der Waals surface area contributed by atoms with Crippen LogP contribution in [-0.4, -0.2) is 23.5 Å². The number of hydrogen-bond donors (Lipinski definition) is 2. The van der Waals surface area contributed by atoms with Gasteiger partial charge in [0.15, 0.2) is 0 Å². The average Bonchev–Trinajstić information content (AvgIpc) is 2.28. The molecule has 0 bridgehead atoms. The topological polar surface area (TPSA) is 66.4 Å². The lowest BCUT2D eigenvalue weighted by Crippen LogP contribution is -2.35. The van der Waals surface area contributed by atoms with Crippen LogP contribution in [0, 0.1) is 5.41 Å². The maximum Gasteiger partial charge on any atom is 0.335 e. The third-order valence-electron chi connectivity index (χ3n) is 2.55. The van der Waals surface area contributed by atoms with Crippen LogP contribution in [0.4, 0.5) is 0 Å². The molecule has 2 N–H and O–H groups in total. The molecule has 18 heavy (non-hydrogen) atoms. The van der Waals surface area contributed by atoms with E-state index in [-0.39, 0.29) is 11.5 Å². The molecule has 1 rings (SSSR count). The predicted octanol–water partition coefficient (Wildman–Crippen LogP) is 2.09. The molecule has 0 radical (unpaired) electrons. The van der Waals surface area contributed by atoms with E-state index in [1.165, 1.54) is 0 Å². The van der Waals surface area contributed by atoms with Gasteiger partial charge in [-0.05, 0) is 24.1 Å². The van der Waals surface area contributed by atoms with E-state index in [4.69, 9.17) is 5.11 Å². The molecule has 0 heterocycles. The summed E-state index contributed by atoms with van der Waals surface area (Å²) in [6.07, 6.45) is 0.628. The molecule has 1 aromatic carbocycles. The molecule has 1 aromatic rings. The van der Waals surface area contributed by atoms with E-state index in [9.17, 15) is 9.59 Å². The second-order valence-corrected chi connectivity index (χ2v) is 5.26. The zero-order valence-electron chi connectivity index (χ0n) is 11.0. The van der Waals surface area contributed by atoms with Gasteiger partial charge in [0.2, 0.25) is 5.91 Å². The van der Waals surface area contributed by atoms with Crippen LogP contribution in [0.1, 0.15) is 36.7 Å². The number of benzene rings is 1. The maximum atomic E-state index is 11.6. The maximum absolute atomic E-state index is 11.6. The van der Waals surface area contributed by atoms with Gasteiger partial charge in [-0.2, -0.15) is 0 Å². The highest BCUT2D eigenvalue weighted by Gasteiger charge is 2.20. The van der Waals surface area contributed by atoms with Gasteiger partial charge >= 0.3 is 5.97 Å². The molecule has 4 heteroatoms. The molecule has 4 nitrogen and oxygen atoms in total. The SMILES string of the molecule is CC(C)(C)C(=O)NCCc1cccc(C(=O)O)c1. The number of carbonyl (C=O) groups excluding carboxylic acids is 1. The largest absolute Gasteiger partial charge is 0.478 e. The number of carbonyl (C=O) groups is 2. The Morgan fingerprint density at radius 3 is 2.50 bits per heavy atom. The molecule has 0 aliphatic carbocycles. The molecule has 1 amide bonds. The third kappa shape index (κ3) is 4.20. The van der Waals surface area contributed by atoms with Gasteiger partial charge < -0.3 is 10.4 Å². The van der Waals surface area contributed by atoms with Gasteiger partial charge in [0.05, 0.1) is 5.56 Å². The number of rotatable bonds is 4. The van der Waals surface area contributed by atoms with E-state index in [2.05, 4.69) is 5.32 Å². The van der Waals surface area contributed by atoms with Crippen molar-refractivity contribution in [2.45, 2.75) is 27.2 Å². The molecule has 0 saturated carbocycles. The van der Waals surface area contributed by atoms with Gasteiger partial charge in [-0.1, -0.05) is 32.9 Å². The van der Waals surface area contributed by atoms with Crippen molar-refractivity contribution in [1.82, 2.24) is 5.32 Å². The smallest absolute Gasteiger partial charge is 0.335 e. The number of carboxylic acid groups (broad SMARTS) is 1. The summed E-state index contributed by atoms with van der Waals surface area (Å²) in [7, 11) is 0. The summed E-state index contributed by atoms with van der Waals surface area (Å²) in [5.74, 6) is -0.938. The van der Waals surface area contributed by atoms with Crippen molar-refractivity contribution in [1.29, 1.82) is 0 Å². The highest BCUT2D eigenvalue weighted by molar-refractivity contribution is 5.87. The van der Waals surface area contributed by atoms with E-state index in [0.29, 0.717) is 13.0 Å². The van der Waals surface area contributed by atoms with Crippen LogP contribution in [0.2, 0.25) is 0 Å².